The molecule has 0 radical (unpaired) electrons. The van der Waals surface area contributed by atoms with Crippen LogP contribution >= 0.6 is 0 Å². The van der Waals surface area contributed by atoms with Crippen molar-refractivity contribution in [2.45, 2.75) is 6.18 Å². The van der Waals surface area contributed by atoms with Gasteiger partial charge in [-0.05, 0) is 35.4 Å². The normalized spacial score (nSPS) is 11.4. The first-order chi connectivity index (χ1) is 11.9. The zero-order chi connectivity index (χ0) is 18.0. The Morgan fingerprint density at radius 2 is 1.36 bits per heavy atom. The van der Waals surface area contributed by atoms with Gasteiger partial charge in [0.1, 0.15) is 5.82 Å². The summed E-state index contributed by atoms with van der Waals surface area (Å²) in [5.74, 6) is -0.788. The van der Waals surface area contributed by atoms with Gasteiger partial charge in [0, 0.05) is 11.1 Å². The maximum absolute atomic E-state index is 13.1. The first-order valence-electron chi connectivity index (χ1n) is 7.43. The molecule has 0 aliphatic rings. The third-order valence-electron chi connectivity index (χ3n) is 3.80. The second-order valence-electron chi connectivity index (χ2n) is 5.46. The average Bonchev–Trinajstić information content (AvgIpc) is 2.61. The highest BCUT2D eigenvalue weighted by Gasteiger charge is 2.30. The molecule has 0 N–H and O–H groups in total. The third kappa shape index (κ3) is 3.60. The van der Waals surface area contributed by atoms with E-state index in [0.717, 1.165) is 24.3 Å². The van der Waals surface area contributed by atoms with Gasteiger partial charge in [0.15, 0.2) is 5.78 Å². The van der Waals surface area contributed by atoms with E-state index < -0.39 is 23.3 Å². The van der Waals surface area contributed by atoms with Gasteiger partial charge in [-0.3, -0.25) is 4.79 Å². The lowest BCUT2D eigenvalue weighted by Crippen LogP contribution is -2.07. The Balaban J connectivity index is 1.99. The lowest BCUT2D eigenvalue weighted by Gasteiger charge is -2.10. The van der Waals surface area contributed by atoms with Crippen molar-refractivity contribution >= 4 is 5.78 Å². The molecular formula is C20H12F4O. The Bertz CT molecular complexity index is 894. The summed E-state index contributed by atoms with van der Waals surface area (Å²) in [7, 11) is 0. The number of alkyl halides is 3. The first-order valence-corrected chi connectivity index (χ1v) is 7.43. The van der Waals surface area contributed by atoms with Gasteiger partial charge in [-0.1, -0.05) is 48.5 Å². The van der Waals surface area contributed by atoms with E-state index in [9.17, 15) is 22.4 Å². The van der Waals surface area contributed by atoms with Gasteiger partial charge in [0.2, 0.25) is 0 Å². The Morgan fingerprint density at radius 3 is 1.96 bits per heavy atom. The van der Waals surface area contributed by atoms with E-state index in [2.05, 4.69) is 0 Å². The molecule has 126 valence electrons. The van der Waals surface area contributed by atoms with Gasteiger partial charge in [-0.2, -0.15) is 13.2 Å². The molecule has 0 aromatic heterocycles. The fourth-order valence-corrected chi connectivity index (χ4v) is 2.53. The second kappa shape index (κ2) is 6.51. The standard InChI is InChI=1S/C20H12F4O/c21-16-11-7-13(8-12-16)17-3-1-2-4-18(17)19(25)14-5-9-15(10-6-14)20(22,23)24/h1-12H. The minimum absolute atomic E-state index is 0.155. The van der Waals surface area contributed by atoms with Crippen LogP contribution in [-0.2, 0) is 6.18 Å². The van der Waals surface area contributed by atoms with Gasteiger partial charge in [-0.15, -0.1) is 0 Å². The van der Waals surface area contributed by atoms with E-state index in [-0.39, 0.29) is 5.56 Å². The number of carbonyl (C=O) groups is 1. The fourth-order valence-electron chi connectivity index (χ4n) is 2.53. The molecule has 0 aliphatic heterocycles. The van der Waals surface area contributed by atoms with Crippen LogP contribution in [0.3, 0.4) is 0 Å². The van der Waals surface area contributed by atoms with Crippen LogP contribution in [0.15, 0.2) is 72.8 Å². The minimum Gasteiger partial charge on any atom is -0.289 e. The summed E-state index contributed by atoms with van der Waals surface area (Å²) in [6.07, 6.45) is -4.45. The van der Waals surface area contributed by atoms with Gasteiger partial charge in [0.25, 0.3) is 0 Å². The SMILES string of the molecule is O=C(c1ccc(C(F)(F)F)cc1)c1ccccc1-c1ccc(F)cc1. The Kier molecular flexibility index (Phi) is 4.40. The molecule has 3 rings (SSSR count). The molecule has 0 amide bonds. The molecule has 5 heteroatoms. The summed E-state index contributed by atoms with van der Waals surface area (Å²) in [4.78, 5) is 12.7. The summed E-state index contributed by atoms with van der Waals surface area (Å²) in [6.45, 7) is 0. The molecule has 0 saturated carbocycles. The summed E-state index contributed by atoms with van der Waals surface area (Å²) >= 11 is 0. The van der Waals surface area contributed by atoms with Crippen LogP contribution in [0.4, 0.5) is 17.6 Å². The van der Waals surface area contributed by atoms with Crippen LogP contribution in [0.1, 0.15) is 21.5 Å². The molecule has 1 nitrogen and oxygen atoms in total. The number of hydrogen-bond donors (Lipinski definition) is 0. The molecule has 0 fully saturated rings. The van der Waals surface area contributed by atoms with Crippen molar-refractivity contribution in [3.63, 3.8) is 0 Å². The van der Waals surface area contributed by atoms with Crippen LogP contribution in [0.5, 0.6) is 0 Å². The van der Waals surface area contributed by atoms with E-state index >= 15 is 0 Å². The number of rotatable bonds is 3. The molecule has 25 heavy (non-hydrogen) atoms. The first kappa shape index (κ1) is 16.9. The maximum atomic E-state index is 13.1. The molecule has 0 heterocycles. The zero-order valence-corrected chi connectivity index (χ0v) is 12.8. The largest absolute Gasteiger partial charge is 0.416 e. The Hall–Kier alpha value is -2.95. The predicted molar refractivity (Wildman–Crippen MR) is 86.7 cm³/mol. The number of benzene rings is 3. The molecule has 3 aromatic rings. The van der Waals surface area contributed by atoms with Crippen molar-refractivity contribution in [2.75, 3.05) is 0 Å². The van der Waals surface area contributed by atoms with Crippen molar-refractivity contribution in [3.8, 4) is 11.1 Å². The zero-order valence-electron chi connectivity index (χ0n) is 12.8. The lowest BCUT2D eigenvalue weighted by molar-refractivity contribution is -0.137. The maximum Gasteiger partial charge on any atom is 0.416 e. The molecule has 3 aromatic carbocycles. The number of carbonyl (C=O) groups excluding carboxylic acids is 1. The highest BCUT2D eigenvalue weighted by atomic mass is 19.4. The second-order valence-corrected chi connectivity index (χ2v) is 5.46. The van der Waals surface area contributed by atoms with Crippen LogP contribution in [0.2, 0.25) is 0 Å². The highest BCUT2D eigenvalue weighted by molar-refractivity contribution is 6.12. The van der Waals surface area contributed by atoms with E-state index in [0.29, 0.717) is 16.7 Å². The van der Waals surface area contributed by atoms with Crippen LogP contribution in [0.25, 0.3) is 11.1 Å². The number of hydrogen-bond acceptors (Lipinski definition) is 1. The molecule has 0 aliphatic carbocycles. The highest BCUT2D eigenvalue weighted by Crippen LogP contribution is 2.30. The van der Waals surface area contributed by atoms with Gasteiger partial charge in [0.05, 0.1) is 5.56 Å². The van der Waals surface area contributed by atoms with Crippen molar-refractivity contribution in [1.82, 2.24) is 0 Å². The van der Waals surface area contributed by atoms with E-state index in [1.165, 1.54) is 12.1 Å². The fraction of sp³-hybridized carbons (Fsp3) is 0.0500. The lowest BCUT2D eigenvalue weighted by atomic mass is 9.93. The molecule has 0 bridgehead atoms. The van der Waals surface area contributed by atoms with Gasteiger partial charge in [-0.25, -0.2) is 4.39 Å². The average molecular weight is 344 g/mol. The molecule has 0 saturated heterocycles. The Morgan fingerprint density at radius 1 is 0.760 bits per heavy atom. The monoisotopic (exact) mass is 344 g/mol. The van der Waals surface area contributed by atoms with Crippen molar-refractivity contribution in [3.05, 3.63) is 95.3 Å². The summed E-state index contributed by atoms with van der Waals surface area (Å²) in [6, 6.07) is 16.5. The minimum atomic E-state index is -4.45. The van der Waals surface area contributed by atoms with Crippen molar-refractivity contribution in [1.29, 1.82) is 0 Å². The van der Waals surface area contributed by atoms with Crippen LogP contribution < -0.4 is 0 Å². The molecule has 0 spiro atoms. The summed E-state index contributed by atoms with van der Waals surface area (Å²) < 4.78 is 51.0. The quantitative estimate of drug-likeness (QED) is 0.437. The van der Waals surface area contributed by atoms with Gasteiger partial charge >= 0.3 is 6.18 Å². The van der Waals surface area contributed by atoms with Crippen LogP contribution in [0, 0.1) is 5.82 Å². The summed E-state index contributed by atoms with van der Waals surface area (Å²) in [5.41, 5.74) is 0.928. The molecular weight excluding hydrogens is 332 g/mol. The van der Waals surface area contributed by atoms with Crippen LogP contribution in [-0.4, -0.2) is 5.78 Å². The van der Waals surface area contributed by atoms with Gasteiger partial charge < -0.3 is 0 Å². The smallest absolute Gasteiger partial charge is 0.289 e. The van der Waals surface area contributed by atoms with E-state index in [1.54, 1.807) is 36.4 Å². The van der Waals surface area contributed by atoms with E-state index in [1.807, 2.05) is 0 Å². The molecule has 0 unspecified atom stereocenters. The molecule has 0 atom stereocenters. The predicted octanol–water partition coefficient (Wildman–Crippen LogP) is 5.74. The summed E-state index contributed by atoms with van der Waals surface area (Å²) in [5, 5.41) is 0. The number of halogens is 4. The number of ketones is 1. The topological polar surface area (TPSA) is 17.1 Å². The van der Waals surface area contributed by atoms with Crippen molar-refractivity contribution < 1.29 is 22.4 Å². The van der Waals surface area contributed by atoms with E-state index in [4.69, 9.17) is 0 Å². The third-order valence-corrected chi connectivity index (χ3v) is 3.80. The Labute approximate surface area is 141 Å². The van der Waals surface area contributed by atoms with Crippen molar-refractivity contribution in [2.24, 2.45) is 0 Å².